The molecule has 0 bridgehead atoms. The number of hydrogen-bond acceptors (Lipinski definition) is 6. The Morgan fingerprint density at radius 1 is 0.879 bits per heavy atom. The van der Waals surface area contributed by atoms with Gasteiger partial charge in [-0.05, 0) is 60.7 Å². The molecule has 0 aliphatic rings. The second-order valence-corrected chi connectivity index (χ2v) is 8.44. The third-order valence-electron chi connectivity index (χ3n) is 4.32. The molecular weight excluding hydrogens is 442 g/mol. The summed E-state index contributed by atoms with van der Waals surface area (Å²) in [5, 5.41) is 5.24. The summed E-state index contributed by atoms with van der Waals surface area (Å²) in [6, 6.07) is 19.4. The number of allylic oxidation sites excluding steroid dienone is 1. The molecular formula is C23H23N5O4S. The molecule has 0 unspecified atom stereocenters. The average Bonchev–Trinajstić information content (AvgIpc) is 2.84. The zero-order chi connectivity index (χ0) is 23.5. The van der Waals surface area contributed by atoms with Crippen molar-refractivity contribution in [3.05, 3.63) is 96.3 Å². The Kier molecular flexibility index (Phi) is 8.42. The SMILES string of the molecule is O=C(NCCNNS(=O)(=O)c1ccccc1)Nc1ccc(C(=O)/C=C/c2ccccn2)cc1. The van der Waals surface area contributed by atoms with Crippen LogP contribution in [0.5, 0.6) is 0 Å². The number of aromatic nitrogens is 1. The number of anilines is 1. The lowest BCUT2D eigenvalue weighted by Crippen LogP contribution is -2.42. The highest BCUT2D eigenvalue weighted by Gasteiger charge is 2.12. The third kappa shape index (κ3) is 7.65. The van der Waals surface area contributed by atoms with Crippen molar-refractivity contribution in [2.75, 3.05) is 18.4 Å². The fraction of sp³-hybridized carbons (Fsp3) is 0.0870. The number of carbonyl (C=O) groups is 2. The predicted molar refractivity (Wildman–Crippen MR) is 126 cm³/mol. The van der Waals surface area contributed by atoms with Crippen molar-refractivity contribution >= 4 is 33.6 Å². The number of amides is 2. The minimum absolute atomic E-state index is 0.136. The molecule has 3 rings (SSSR count). The van der Waals surface area contributed by atoms with Crippen molar-refractivity contribution < 1.29 is 18.0 Å². The van der Waals surface area contributed by atoms with Gasteiger partial charge in [-0.2, -0.15) is 0 Å². The van der Waals surface area contributed by atoms with Gasteiger partial charge < -0.3 is 10.6 Å². The first-order chi connectivity index (χ1) is 15.9. The van der Waals surface area contributed by atoms with E-state index < -0.39 is 16.1 Å². The Hall–Kier alpha value is -3.86. The van der Waals surface area contributed by atoms with Crippen LogP contribution in [-0.4, -0.2) is 38.3 Å². The van der Waals surface area contributed by atoms with Gasteiger partial charge in [0, 0.05) is 30.5 Å². The van der Waals surface area contributed by atoms with Crippen LogP contribution < -0.4 is 20.9 Å². The maximum absolute atomic E-state index is 12.2. The standard InChI is InChI=1S/C23H23N5O4S/c29-22(14-13-19-6-4-5-15-24-19)18-9-11-20(12-10-18)27-23(30)25-16-17-26-28-33(31,32)21-7-2-1-3-8-21/h1-15,26,28H,16-17H2,(H2,25,27,30)/b14-13+. The van der Waals surface area contributed by atoms with Gasteiger partial charge in [-0.25, -0.2) is 18.6 Å². The van der Waals surface area contributed by atoms with E-state index >= 15 is 0 Å². The average molecular weight is 466 g/mol. The van der Waals surface area contributed by atoms with Crippen LogP contribution in [0.1, 0.15) is 16.1 Å². The van der Waals surface area contributed by atoms with Gasteiger partial charge in [0.15, 0.2) is 5.78 Å². The van der Waals surface area contributed by atoms with E-state index in [9.17, 15) is 18.0 Å². The van der Waals surface area contributed by atoms with E-state index in [0.717, 1.165) is 0 Å². The highest BCUT2D eigenvalue weighted by atomic mass is 32.2. The molecule has 2 amide bonds. The number of rotatable bonds is 10. The van der Waals surface area contributed by atoms with Crippen molar-refractivity contribution in [1.29, 1.82) is 0 Å². The fourth-order valence-corrected chi connectivity index (χ4v) is 3.59. The molecule has 1 heterocycles. The van der Waals surface area contributed by atoms with E-state index in [1.54, 1.807) is 66.9 Å². The molecule has 0 saturated carbocycles. The van der Waals surface area contributed by atoms with Crippen molar-refractivity contribution in [3.63, 3.8) is 0 Å². The number of urea groups is 1. The summed E-state index contributed by atoms with van der Waals surface area (Å²) in [6.07, 6.45) is 4.72. The smallest absolute Gasteiger partial charge is 0.319 e. The van der Waals surface area contributed by atoms with Gasteiger partial charge in [0.25, 0.3) is 10.0 Å². The minimum atomic E-state index is -3.67. The summed E-state index contributed by atoms with van der Waals surface area (Å²) >= 11 is 0. The second-order valence-electron chi connectivity index (χ2n) is 6.76. The van der Waals surface area contributed by atoms with Crippen molar-refractivity contribution in [2.45, 2.75) is 4.90 Å². The van der Waals surface area contributed by atoms with E-state index in [-0.39, 0.29) is 23.8 Å². The highest BCUT2D eigenvalue weighted by Crippen LogP contribution is 2.11. The number of carbonyl (C=O) groups excluding carboxylic acids is 2. The van der Waals surface area contributed by atoms with Crippen LogP contribution in [0.4, 0.5) is 10.5 Å². The van der Waals surface area contributed by atoms with Crippen LogP contribution in [0.15, 0.2) is 90.0 Å². The van der Waals surface area contributed by atoms with Gasteiger partial charge in [-0.3, -0.25) is 9.78 Å². The molecule has 3 aromatic rings. The molecule has 10 heteroatoms. The normalized spacial score (nSPS) is 11.3. The number of benzene rings is 2. The number of ketones is 1. The maximum Gasteiger partial charge on any atom is 0.319 e. The summed E-state index contributed by atoms with van der Waals surface area (Å²) in [5.74, 6) is -0.180. The molecule has 2 aromatic carbocycles. The zero-order valence-electron chi connectivity index (χ0n) is 17.6. The lowest BCUT2D eigenvalue weighted by atomic mass is 10.1. The van der Waals surface area contributed by atoms with E-state index in [1.807, 2.05) is 6.07 Å². The third-order valence-corrected chi connectivity index (χ3v) is 5.62. The molecule has 0 aliphatic carbocycles. The largest absolute Gasteiger partial charge is 0.337 e. The van der Waals surface area contributed by atoms with Crippen LogP contribution in [0.25, 0.3) is 6.08 Å². The first-order valence-electron chi connectivity index (χ1n) is 10.0. The van der Waals surface area contributed by atoms with Gasteiger partial charge in [0.2, 0.25) is 0 Å². The van der Waals surface area contributed by atoms with E-state index in [2.05, 4.69) is 25.9 Å². The molecule has 4 N–H and O–H groups in total. The molecule has 0 fully saturated rings. The van der Waals surface area contributed by atoms with E-state index in [0.29, 0.717) is 16.9 Å². The molecule has 0 saturated heterocycles. The summed E-state index contributed by atoms with van der Waals surface area (Å²) in [6.45, 7) is 0.355. The predicted octanol–water partition coefficient (Wildman–Crippen LogP) is 2.58. The van der Waals surface area contributed by atoms with Gasteiger partial charge in [-0.1, -0.05) is 24.3 Å². The molecule has 1 aromatic heterocycles. The zero-order valence-corrected chi connectivity index (χ0v) is 18.4. The Balaban J connectivity index is 1.39. The first kappa shape index (κ1) is 23.8. The topological polar surface area (TPSA) is 129 Å². The molecule has 9 nitrogen and oxygen atoms in total. The lowest BCUT2D eigenvalue weighted by molar-refractivity contribution is 0.104. The van der Waals surface area contributed by atoms with Crippen LogP contribution in [0.2, 0.25) is 0 Å². The van der Waals surface area contributed by atoms with E-state index in [1.165, 1.54) is 18.2 Å². The second kappa shape index (κ2) is 11.7. The number of nitrogens with one attached hydrogen (secondary N) is 4. The molecule has 0 spiro atoms. The van der Waals surface area contributed by atoms with Crippen molar-refractivity contribution in [1.82, 2.24) is 20.6 Å². The van der Waals surface area contributed by atoms with Crippen molar-refractivity contribution in [2.24, 2.45) is 0 Å². The summed E-state index contributed by atoms with van der Waals surface area (Å²) in [4.78, 5) is 30.7. The highest BCUT2D eigenvalue weighted by molar-refractivity contribution is 7.89. The van der Waals surface area contributed by atoms with Crippen LogP contribution in [0, 0.1) is 0 Å². The van der Waals surface area contributed by atoms with Gasteiger partial charge in [0.05, 0.1) is 10.6 Å². The Morgan fingerprint density at radius 3 is 2.30 bits per heavy atom. The molecule has 33 heavy (non-hydrogen) atoms. The molecule has 0 atom stereocenters. The summed E-state index contributed by atoms with van der Waals surface area (Å²) < 4.78 is 24.1. The number of sulfonamides is 1. The molecule has 0 radical (unpaired) electrons. The van der Waals surface area contributed by atoms with Gasteiger partial charge in [-0.15, -0.1) is 4.83 Å². The number of nitrogens with zero attached hydrogens (tertiary/aromatic N) is 1. The van der Waals surface area contributed by atoms with Crippen LogP contribution in [-0.2, 0) is 10.0 Å². The quantitative estimate of drug-likeness (QED) is 0.158. The van der Waals surface area contributed by atoms with Crippen LogP contribution in [0.3, 0.4) is 0 Å². The fourth-order valence-electron chi connectivity index (χ4n) is 2.67. The lowest BCUT2D eigenvalue weighted by Gasteiger charge is -2.10. The number of hydrogen-bond donors (Lipinski definition) is 4. The number of hydrazine groups is 1. The molecule has 170 valence electrons. The summed E-state index contributed by atoms with van der Waals surface area (Å²) in [5.41, 5.74) is 4.23. The van der Waals surface area contributed by atoms with E-state index in [4.69, 9.17) is 0 Å². The minimum Gasteiger partial charge on any atom is -0.337 e. The Bertz CT molecular complexity index is 1200. The number of pyridine rings is 1. The van der Waals surface area contributed by atoms with Crippen LogP contribution >= 0.6 is 0 Å². The Morgan fingerprint density at radius 2 is 1.61 bits per heavy atom. The van der Waals surface area contributed by atoms with Crippen molar-refractivity contribution in [3.8, 4) is 0 Å². The summed E-state index contributed by atoms with van der Waals surface area (Å²) in [7, 11) is -3.67. The monoisotopic (exact) mass is 465 g/mol. The maximum atomic E-state index is 12.2. The molecule has 0 aliphatic heterocycles. The first-order valence-corrected chi connectivity index (χ1v) is 11.5. The Labute approximate surface area is 192 Å². The van der Waals surface area contributed by atoms with Gasteiger partial charge in [0.1, 0.15) is 0 Å². The van der Waals surface area contributed by atoms with Gasteiger partial charge >= 0.3 is 6.03 Å².